The predicted molar refractivity (Wildman–Crippen MR) is 79.9 cm³/mol. The molecular weight excluding hydrogens is 272 g/mol. The van der Waals surface area contributed by atoms with Gasteiger partial charge in [0.15, 0.2) is 0 Å². The smallest absolute Gasteiger partial charge is 0.0889 e. The molecule has 20 heavy (non-hydrogen) atoms. The monoisotopic (exact) mass is 284 g/mol. The fraction of sp³-hybridized carbons (Fsp3) is 0.0625. The Morgan fingerprint density at radius 3 is 2.35 bits per heavy atom. The van der Waals surface area contributed by atoms with Crippen molar-refractivity contribution >= 4 is 11.6 Å². The first kappa shape index (κ1) is 12.9. The maximum absolute atomic E-state index is 9.32. The Morgan fingerprint density at radius 2 is 1.70 bits per heavy atom. The van der Waals surface area contributed by atoms with Gasteiger partial charge in [0, 0.05) is 10.6 Å². The van der Waals surface area contributed by atoms with Gasteiger partial charge in [-0.3, -0.25) is 0 Å². The molecule has 0 saturated carbocycles. The number of aliphatic hydroxyl groups is 1. The van der Waals surface area contributed by atoms with E-state index in [0.717, 1.165) is 16.9 Å². The van der Waals surface area contributed by atoms with Gasteiger partial charge in [-0.1, -0.05) is 41.9 Å². The highest BCUT2D eigenvalue weighted by atomic mass is 35.5. The molecule has 3 nitrogen and oxygen atoms in total. The third-order valence-corrected chi connectivity index (χ3v) is 3.31. The van der Waals surface area contributed by atoms with Crippen LogP contribution in [0.3, 0.4) is 0 Å². The van der Waals surface area contributed by atoms with E-state index in [-0.39, 0.29) is 6.61 Å². The van der Waals surface area contributed by atoms with Gasteiger partial charge in [0.2, 0.25) is 0 Å². The van der Waals surface area contributed by atoms with Crippen LogP contribution in [0.2, 0.25) is 5.02 Å². The number of nitrogens with zero attached hydrogens (tertiary/aromatic N) is 2. The zero-order valence-corrected chi connectivity index (χ0v) is 11.5. The van der Waals surface area contributed by atoms with E-state index in [1.54, 1.807) is 0 Å². The van der Waals surface area contributed by atoms with Crippen LogP contribution in [0.4, 0.5) is 0 Å². The van der Waals surface area contributed by atoms with Gasteiger partial charge in [0.1, 0.15) is 0 Å². The summed E-state index contributed by atoms with van der Waals surface area (Å²) in [7, 11) is 0. The number of benzene rings is 2. The lowest BCUT2D eigenvalue weighted by molar-refractivity contribution is 0.276. The second kappa shape index (κ2) is 5.49. The zero-order chi connectivity index (χ0) is 13.9. The van der Waals surface area contributed by atoms with Crippen LogP contribution in [0.15, 0.2) is 60.7 Å². The average Bonchev–Trinajstić information content (AvgIpc) is 2.93. The zero-order valence-electron chi connectivity index (χ0n) is 10.7. The molecule has 100 valence electrons. The van der Waals surface area contributed by atoms with Gasteiger partial charge < -0.3 is 5.11 Å². The van der Waals surface area contributed by atoms with Crippen molar-refractivity contribution in [1.29, 1.82) is 0 Å². The molecule has 4 heteroatoms. The second-order valence-corrected chi connectivity index (χ2v) is 4.87. The van der Waals surface area contributed by atoms with Crippen LogP contribution < -0.4 is 0 Å². The van der Waals surface area contributed by atoms with Gasteiger partial charge in [-0.15, -0.1) is 0 Å². The van der Waals surface area contributed by atoms with Crippen molar-refractivity contribution in [3.8, 4) is 16.9 Å². The standard InChI is InChI=1S/C16H13ClN2O/c17-13-6-8-15(9-7-13)19-16(10-14(11-20)18-19)12-4-2-1-3-5-12/h1-10,20H,11H2. The first-order chi connectivity index (χ1) is 9.78. The molecular formula is C16H13ClN2O. The maximum Gasteiger partial charge on any atom is 0.0889 e. The van der Waals surface area contributed by atoms with Gasteiger partial charge in [0.05, 0.1) is 23.7 Å². The number of aliphatic hydroxyl groups excluding tert-OH is 1. The highest BCUT2D eigenvalue weighted by Crippen LogP contribution is 2.24. The van der Waals surface area contributed by atoms with Gasteiger partial charge in [0.25, 0.3) is 0 Å². The van der Waals surface area contributed by atoms with E-state index in [4.69, 9.17) is 11.6 Å². The summed E-state index contributed by atoms with van der Waals surface area (Å²) < 4.78 is 1.82. The summed E-state index contributed by atoms with van der Waals surface area (Å²) in [6.07, 6.45) is 0. The molecule has 0 unspecified atom stereocenters. The van der Waals surface area contributed by atoms with E-state index in [1.807, 2.05) is 65.3 Å². The summed E-state index contributed by atoms with van der Waals surface area (Å²) in [4.78, 5) is 0. The highest BCUT2D eigenvalue weighted by Gasteiger charge is 2.10. The first-order valence-electron chi connectivity index (χ1n) is 6.29. The molecule has 2 aromatic carbocycles. The Kier molecular flexibility index (Phi) is 3.54. The summed E-state index contributed by atoms with van der Waals surface area (Å²) in [5.74, 6) is 0. The predicted octanol–water partition coefficient (Wildman–Crippen LogP) is 3.69. The Balaban J connectivity index is 2.15. The van der Waals surface area contributed by atoms with Gasteiger partial charge in [-0.2, -0.15) is 5.10 Å². The van der Waals surface area contributed by atoms with Crippen molar-refractivity contribution in [2.24, 2.45) is 0 Å². The highest BCUT2D eigenvalue weighted by molar-refractivity contribution is 6.30. The lowest BCUT2D eigenvalue weighted by atomic mass is 10.1. The summed E-state index contributed by atoms with van der Waals surface area (Å²) in [6.45, 7) is -0.0829. The lowest BCUT2D eigenvalue weighted by Crippen LogP contribution is -1.99. The molecule has 3 rings (SSSR count). The minimum absolute atomic E-state index is 0.0829. The van der Waals surface area contributed by atoms with E-state index in [2.05, 4.69) is 5.10 Å². The fourth-order valence-corrected chi connectivity index (χ4v) is 2.23. The number of rotatable bonds is 3. The van der Waals surface area contributed by atoms with Crippen molar-refractivity contribution in [2.75, 3.05) is 0 Å². The SMILES string of the molecule is OCc1cc(-c2ccccc2)n(-c2ccc(Cl)cc2)n1. The molecule has 0 fully saturated rings. The third kappa shape index (κ3) is 2.46. The van der Waals surface area contributed by atoms with Crippen molar-refractivity contribution in [2.45, 2.75) is 6.61 Å². The minimum Gasteiger partial charge on any atom is -0.390 e. The van der Waals surface area contributed by atoms with Crippen LogP contribution in [-0.2, 0) is 6.61 Å². The average molecular weight is 285 g/mol. The van der Waals surface area contributed by atoms with Gasteiger partial charge in [-0.25, -0.2) is 4.68 Å². The normalized spacial score (nSPS) is 10.7. The quantitative estimate of drug-likeness (QED) is 0.797. The maximum atomic E-state index is 9.32. The largest absolute Gasteiger partial charge is 0.390 e. The van der Waals surface area contributed by atoms with Crippen LogP contribution >= 0.6 is 11.6 Å². The lowest BCUT2D eigenvalue weighted by Gasteiger charge is -2.07. The van der Waals surface area contributed by atoms with Crippen LogP contribution in [0.1, 0.15) is 5.69 Å². The molecule has 0 atom stereocenters. The van der Waals surface area contributed by atoms with Crippen LogP contribution in [0.25, 0.3) is 16.9 Å². The van der Waals surface area contributed by atoms with Crippen LogP contribution in [0, 0.1) is 0 Å². The molecule has 0 aliphatic heterocycles. The molecule has 0 saturated heterocycles. The summed E-state index contributed by atoms with van der Waals surface area (Å²) >= 11 is 5.92. The van der Waals surface area contributed by atoms with E-state index < -0.39 is 0 Å². The molecule has 0 amide bonds. The molecule has 3 aromatic rings. The fourth-order valence-electron chi connectivity index (χ4n) is 2.10. The molecule has 1 heterocycles. The number of hydrogen-bond donors (Lipinski definition) is 1. The molecule has 0 bridgehead atoms. The van der Waals surface area contributed by atoms with Gasteiger partial charge in [-0.05, 0) is 30.3 Å². The second-order valence-electron chi connectivity index (χ2n) is 4.43. The molecule has 1 N–H and O–H groups in total. The Hall–Kier alpha value is -2.10. The van der Waals surface area contributed by atoms with E-state index in [1.165, 1.54) is 0 Å². The van der Waals surface area contributed by atoms with Crippen molar-refractivity contribution in [3.63, 3.8) is 0 Å². The molecule has 1 aromatic heterocycles. The summed E-state index contributed by atoms with van der Waals surface area (Å²) in [6, 6.07) is 19.3. The molecule has 0 aliphatic carbocycles. The third-order valence-electron chi connectivity index (χ3n) is 3.06. The Morgan fingerprint density at radius 1 is 1.00 bits per heavy atom. The topological polar surface area (TPSA) is 38.0 Å². The summed E-state index contributed by atoms with van der Waals surface area (Å²) in [5.41, 5.74) is 3.54. The van der Waals surface area contributed by atoms with Crippen LogP contribution in [-0.4, -0.2) is 14.9 Å². The summed E-state index contributed by atoms with van der Waals surface area (Å²) in [5, 5.41) is 14.4. The first-order valence-corrected chi connectivity index (χ1v) is 6.67. The van der Waals surface area contributed by atoms with Crippen molar-refractivity contribution in [3.05, 3.63) is 71.4 Å². The Labute approximate surface area is 122 Å². The number of aromatic nitrogens is 2. The number of halogens is 1. The number of hydrogen-bond acceptors (Lipinski definition) is 2. The van der Waals surface area contributed by atoms with Gasteiger partial charge >= 0.3 is 0 Å². The molecule has 0 radical (unpaired) electrons. The van der Waals surface area contributed by atoms with Crippen molar-refractivity contribution in [1.82, 2.24) is 9.78 Å². The van der Waals surface area contributed by atoms with Crippen LogP contribution in [0.5, 0.6) is 0 Å². The van der Waals surface area contributed by atoms with E-state index >= 15 is 0 Å². The molecule has 0 aliphatic rings. The van der Waals surface area contributed by atoms with E-state index in [0.29, 0.717) is 10.7 Å². The minimum atomic E-state index is -0.0829. The van der Waals surface area contributed by atoms with Crippen molar-refractivity contribution < 1.29 is 5.11 Å². The van der Waals surface area contributed by atoms with E-state index in [9.17, 15) is 5.11 Å². The Bertz CT molecular complexity index is 705. The molecule has 0 spiro atoms.